The second kappa shape index (κ2) is 7.08. The molecule has 2 aromatic rings. The number of thiazole rings is 1. The van der Waals surface area contributed by atoms with Crippen molar-refractivity contribution in [3.63, 3.8) is 0 Å². The molecule has 0 aromatic carbocycles. The van der Waals surface area contributed by atoms with Crippen molar-refractivity contribution in [1.29, 1.82) is 0 Å². The number of nitrogens with one attached hydrogen (secondary N) is 2. The van der Waals surface area contributed by atoms with Gasteiger partial charge in [-0.2, -0.15) is 0 Å². The first kappa shape index (κ1) is 15.9. The number of hydrogen-bond donors (Lipinski definition) is 2. The second-order valence-corrected chi connectivity index (χ2v) is 6.88. The highest BCUT2D eigenvalue weighted by molar-refractivity contribution is 7.13. The lowest BCUT2D eigenvalue weighted by Crippen LogP contribution is -2.25. The molecule has 0 aliphatic heterocycles. The van der Waals surface area contributed by atoms with Gasteiger partial charge in [0.1, 0.15) is 4.88 Å². The van der Waals surface area contributed by atoms with Gasteiger partial charge in [0.2, 0.25) is 0 Å². The van der Waals surface area contributed by atoms with Crippen LogP contribution < -0.4 is 11.1 Å². The van der Waals surface area contributed by atoms with E-state index in [4.69, 9.17) is 0 Å². The van der Waals surface area contributed by atoms with Crippen molar-refractivity contribution in [2.75, 3.05) is 6.54 Å². The van der Waals surface area contributed by atoms with E-state index in [1.165, 1.54) is 43.4 Å². The van der Waals surface area contributed by atoms with E-state index in [1.54, 1.807) is 0 Å². The number of nitrogens with zero attached hydrogens (tertiary/aromatic N) is 2. The van der Waals surface area contributed by atoms with Crippen LogP contribution in [0.3, 0.4) is 0 Å². The number of aromatic nitrogens is 3. The number of aryl methyl sites for hydroxylation is 1. The number of amides is 1. The summed E-state index contributed by atoms with van der Waals surface area (Å²) in [5, 5.41) is 7.50. The number of rotatable bonds is 5. The molecule has 0 atom stereocenters. The van der Waals surface area contributed by atoms with Gasteiger partial charge >= 0.3 is 5.76 Å². The van der Waals surface area contributed by atoms with Crippen LogP contribution in [0, 0.1) is 6.92 Å². The van der Waals surface area contributed by atoms with Crippen molar-refractivity contribution in [3.8, 4) is 0 Å². The molecule has 0 spiro atoms. The number of carbonyl (C=O) groups excluding carboxylic acids is 1. The van der Waals surface area contributed by atoms with E-state index in [9.17, 15) is 9.59 Å². The summed E-state index contributed by atoms with van der Waals surface area (Å²) in [4.78, 5) is 30.9. The SMILES string of the molecule is Cc1nc(C2CCCCC2)sc1C(=O)NCCc1noc(=O)[nH]1. The molecule has 0 bridgehead atoms. The number of aromatic amines is 1. The van der Waals surface area contributed by atoms with E-state index < -0.39 is 5.76 Å². The highest BCUT2D eigenvalue weighted by Crippen LogP contribution is 2.35. The molecule has 124 valence electrons. The first-order chi connectivity index (χ1) is 11.1. The molecule has 2 aromatic heterocycles. The summed E-state index contributed by atoms with van der Waals surface area (Å²) in [7, 11) is 0. The average Bonchev–Trinajstić information content (AvgIpc) is 3.14. The van der Waals surface area contributed by atoms with Gasteiger partial charge in [0.25, 0.3) is 5.91 Å². The Kier molecular flexibility index (Phi) is 4.90. The lowest BCUT2D eigenvalue weighted by molar-refractivity contribution is 0.0957. The third-order valence-electron chi connectivity index (χ3n) is 4.11. The fourth-order valence-corrected chi connectivity index (χ4v) is 4.05. The van der Waals surface area contributed by atoms with Crippen LogP contribution in [-0.4, -0.2) is 27.6 Å². The van der Waals surface area contributed by atoms with Crippen LogP contribution in [-0.2, 0) is 6.42 Å². The van der Waals surface area contributed by atoms with Crippen LogP contribution in [0.1, 0.15) is 64.2 Å². The molecule has 1 saturated carbocycles. The number of carbonyl (C=O) groups is 1. The Labute approximate surface area is 137 Å². The van der Waals surface area contributed by atoms with Crippen molar-refractivity contribution in [1.82, 2.24) is 20.4 Å². The van der Waals surface area contributed by atoms with E-state index in [2.05, 4.69) is 25.0 Å². The molecule has 23 heavy (non-hydrogen) atoms. The Bertz CT molecular complexity index is 727. The molecule has 1 aliphatic carbocycles. The van der Waals surface area contributed by atoms with Gasteiger partial charge in [0, 0.05) is 18.9 Å². The lowest BCUT2D eigenvalue weighted by atomic mass is 9.90. The van der Waals surface area contributed by atoms with Gasteiger partial charge in [0.15, 0.2) is 5.82 Å². The first-order valence-corrected chi connectivity index (χ1v) is 8.75. The fourth-order valence-electron chi connectivity index (χ4n) is 2.89. The molecule has 0 saturated heterocycles. The smallest absolute Gasteiger partial charge is 0.351 e. The molecule has 2 heterocycles. The molecule has 3 rings (SSSR count). The maximum absolute atomic E-state index is 12.3. The van der Waals surface area contributed by atoms with Gasteiger partial charge in [0.05, 0.1) is 10.7 Å². The zero-order valence-electron chi connectivity index (χ0n) is 13.1. The van der Waals surface area contributed by atoms with Gasteiger partial charge < -0.3 is 5.32 Å². The molecule has 8 heteroatoms. The number of H-pyrrole nitrogens is 1. The highest BCUT2D eigenvalue weighted by Gasteiger charge is 2.22. The van der Waals surface area contributed by atoms with Gasteiger partial charge in [-0.1, -0.05) is 24.4 Å². The van der Waals surface area contributed by atoms with E-state index in [-0.39, 0.29) is 5.91 Å². The Morgan fingerprint density at radius 1 is 1.39 bits per heavy atom. The zero-order valence-corrected chi connectivity index (χ0v) is 13.9. The maximum atomic E-state index is 12.3. The molecule has 0 unspecified atom stereocenters. The summed E-state index contributed by atoms with van der Waals surface area (Å²) in [6.07, 6.45) is 6.58. The van der Waals surface area contributed by atoms with Gasteiger partial charge in [-0.15, -0.1) is 11.3 Å². The van der Waals surface area contributed by atoms with Crippen LogP contribution in [0.15, 0.2) is 9.32 Å². The Morgan fingerprint density at radius 3 is 2.87 bits per heavy atom. The van der Waals surface area contributed by atoms with Crippen LogP contribution >= 0.6 is 11.3 Å². The third-order valence-corrected chi connectivity index (χ3v) is 5.42. The van der Waals surface area contributed by atoms with Crippen LogP contribution in [0.25, 0.3) is 0 Å². The predicted octanol–water partition coefficient (Wildman–Crippen LogP) is 2.15. The summed E-state index contributed by atoms with van der Waals surface area (Å²) >= 11 is 1.51. The largest absolute Gasteiger partial charge is 0.438 e. The molecule has 1 amide bonds. The van der Waals surface area contributed by atoms with Crippen LogP contribution in [0.2, 0.25) is 0 Å². The Hall–Kier alpha value is -1.96. The Balaban J connectivity index is 1.58. The highest BCUT2D eigenvalue weighted by atomic mass is 32.1. The normalized spacial score (nSPS) is 15.7. The van der Waals surface area contributed by atoms with E-state index in [0.717, 1.165) is 10.7 Å². The molecular formula is C15H20N4O3S. The monoisotopic (exact) mass is 336 g/mol. The van der Waals surface area contributed by atoms with Crippen LogP contribution in [0.4, 0.5) is 0 Å². The molecule has 1 aliphatic rings. The van der Waals surface area contributed by atoms with Crippen molar-refractivity contribution < 1.29 is 9.32 Å². The molecular weight excluding hydrogens is 316 g/mol. The summed E-state index contributed by atoms with van der Waals surface area (Å²) in [6, 6.07) is 0. The summed E-state index contributed by atoms with van der Waals surface area (Å²) in [6.45, 7) is 2.27. The minimum absolute atomic E-state index is 0.118. The second-order valence-electron chi connectivity index (χ2n) is 5.85. The average molecular weight is 336 g/mol. The fraction of sp³-hybridized carbons (Fsp3) is 0.600. The minimum atomic E-state index is -0.582. The Morgan fingerprint density at radius 2 is 2.17 bits per heavy atom. The van der Waals surface area contributed by atoms with E-state index in [0.29, 0.717) is 29.6 Å². The van der Waals surface area contributed by atoms with E-state index >= 15 is 0 Å². The lowest BCUT2D eigenvalue weighted by Gasteiger charge is -2.18. The van der Waals surface area contributed by atoms with Gasteiger partial charge in [-0.3, -0.25) is 14.3 Å². The summed E-state index contributed by atoms with van der Waals surface area (Å²) in [5.41, 5.74) is 0.794. The van der Waals surface area contributed by atoms with Crippen molar-refractivity contribution in [2.45, 2.75) is 51.4 Å². The molecule has 7 nitrogen and oxygen atoms in total. The van der Waals surface area contributed by atoms with Crippen molar-refractivity contribution in [2.24, 2.45) is 0 Å². The zero-order chi connectivity index (χ0) is 16.2. The first-order valence-electron chi connectivity index (χ1n) is 7.94. The van der Waals surface area contributed by atoms with Crippen molar-refractivity contribution >= 4 is 17.2 Å². The molecule has 2 N–H and O–H groups in total. The molecule has 1 fully saturated rings. The maximum Gasteiger partial charge on any atom is 0.438 e. The number of hydrogen-bond acceptors (Lipinski definition) is 6. The quantitative estimate of drug-likeness (QED) is 0.871. The van der Waals surface area contributed by atoms with Crippen molar-refractivity contribution in [3.05, 3.63) is 32.0 Å². The van der Waals surface area contributed by atoms with Crippen LogP contribution in [0.5, 0.6) is 0 Å². The van der Waals surface area contributed by atoms with E-state index in [1.807, 2.05) is 6.92 Å². The topological polar surface area (TPSA) is 101 Å². The summed E-state index contributed by atoms with van der Waals surface area (Å²) in [5.74, 6) is 0.239. The minimum Gasteiger partial charge on any atom is -0.351 e. The molecule has 0 radical (unpaired) electrons. The summed E-state index contributed by atoms with van der Waals surface area (Å²) < 4.78 is 4.41. The third kappa shape index (κ3) is 3.87. The predicted molar refractivity (Wildman–Crippen MR) is 85.8 cm³/mol. The standard InChI is InChI=1S/C15H20N4O3S/c1-9-12(23-14(17-9)10-5-3-2-4-6-10)13(20)16-8-7-11-18-15(21)22-19-11/h10H,2-8H2,1H3,(H,16,20)(H,18,19,21). The van der Waals surface area contributed by atoms with Gasteiger partial charge in [-0.05, 0) is 19.8 Å². The van der Waals surface area contributed by atoms with Gasteiger partial charge in [-0.25, -0.2) is 9.78 Å².